The van der Waals surface area contributed by atoms with Gasteiger partial charge in [-0.15, -0.1) is 0 Å². The molecule has 0 aliphatic carbocycles. The van der Waals surface area contributed by atoms with Crippen molar-refractivity contribution in [2.45, 2.75) is 38.6 Å². The van der Waals surface area contributed by atoms with E-state index < -0.39 is 5.97 Å². The molecule has 1 aliphatic rings. The van der Waals surface area contributed by atoms with Gasteiger partial charge in [-0.25, -0.2) is 0 Å². The number of carboxylic acid groups (broad SMARTS) is 1. The van der Waals surface area contributed by atoms with Gasteiger partial charge >= 0.3 is 5.97 Å². The molecule has 1 fully saturated rings. The molecular weight excluding hydrogens is 208 g/mol. The van der Waals surface area contributed by atoms with E-state index in [0.717, 1.165) is 19.4 Å². The summed E-state index contributed by atoms with van der Waals surface area (Å²) in [6.07, 6.45) is 2.55. The maximum Gasteiger partial charge on any atom is 0.305 e. The van der Waals surface area contributed by atoms with Gasteiger partial charge in [-0.3, -0.25) is 9.59 Å². The highest BCUT2D eigenvalue weighted by Gasteiger charge is 2.23. The molecule has 0 aromatic heterocycles. The molecule has 0 spiro atoms. The lowest BCUT2D eigenvalue weighted by atomic mass is 9.98. The number of hydrogen-bond donors (Lipinski definition) is 3. The van der Waals surface area contributed by atoms with Crippen LogP contribution in [0, 0.1) is 5.92 Å². The van der Waals surface area contributed by atoms with Crippen LogP contribution in [0.1, 0.15) is 32.6 Å². The predicted octanol–water partition coefficient (Wildman–Crippen LogP) is 0.356. The fourth-order valence-corrected chi connectivity index (χ4v) is 1.90. The Hall–Kier alpha value is -1.10. The van der Waals surface area contributed by atoms with Crippen molar-refractivity contribution in [2.75, 3.05) is 13.1 Å². The standard InChI is InChI=1S/C11H20N2O3/c1-2-9(6-10(14)15)13-11(16)8-4-3-5-12-7-8/h8-9,12H,2-7H2,1H3,(H,13,16)(H,14,15). The van der Waals surface area contributed by atoms with E-state index in [-0.39, 0.29) is 24.3 Å². The smallest absolute Gasteiger partial charge is 0.305 e. The monoisotopic (exact) mass is 228 g/mol. The van der Waals surface area contributed by atoms with Gasteiger partial charge in [-0.1, -0.05) is 6.92 Å². The number of carboxylic acids is 1. The fraction of sp³-hybridized carbons (Fsp3) is 0.818. The third-order valence-electron chi connectivity index (χ3n) is 2.93. The van der Waals surface area contributed by atoms with Gasteiger partial charge in [0.2, 0.25) is 5.91 Å². The van der Waals surface area contributed by atoms with Gasteiger partial charge in [0.1, 0.15) is 0 Å². The minimum absolute atomic E-state index is 0.00237. The van der Waals surface area contributed by atoms with Crippen LogP contribution in [0.15, 0.2) is 0 Å². The summed E-state index contributed by atoms with van der Waals surface area (Å²) in [5, 5.41) is 14.7. The summed E-state index contributed by atoms with van der Waals surface area (Å²) in [6, 6.07) is -0.244. The van der Waals surface area contributed by atoms with Crippen molar-refractivity contribution in [3.63, 3.8) is 0 Å². The summed E-state index contributed by atoms with van der Waals surface area (Å²) in [6.45, 7) is 3.55. The van der Waals surface area contributed by atoms with Crippen molar-refractivity contribution in [2.24, 2.45) is 5.92 Å². The molecule has 2 atom stereocenters. The van der Waals surface area contributed by atoms with Crippen molar-refractivity contribution >= 4 is 11.9 Å². The summed E-state index contributed by atoms with van der Waals surface area (Å²) in [4.78, 5) is 22.4. The van der Waals surface area contributed by atoms with Gasteiger partial charge in [-0.2, -0.15) is 0 Å². The van der Waals surface area contributed by atoms with Crippen LogP contribution in [0.25, 0.3) is 0 Å². The number of piperidine rings is 1. The van der Waals surface area contributed by atoms with Crippen LogP contribution in [0.4, 0.5) is 0 Å². The second-order valence-corrected chi connectivity index (χ2v) is 4.25. The zero-order chi connectivity index (χ0) is 12.0. The SMILES string of the molecule is CCC(CC(=O)O)NC(=O)C1CCCNC1. The lowest BCUT2D eigenvalue weighted by Crippen LogP contribution is -2.44. The summed E-state index contributed by atoms with van der Waals surface area (Å²) < 4.78 is 0. The fourth-order valence-electron chi connectivity index (χ4n) is 1.90. The second kappa shape index (κ2) is 6.48. The minimum Gasteiger partial charge on any atom is -0.481 e. The molecule has 92 valence electrons. The van der Waals surface area contributed by atoms with Crippen molar-refractivity contribution in [1.29, 1.82) is 0 Å². The molecule has 5 heteroatoms. The summed E-state index contributed by atoms with van der Waals surface area (Å²) in [7, 11) is 0. The normalized spacial score (nSPS) is 22.4. The molecule has 0 radical (unpaired) electrons. The average Bonchev–Trinajstić information content (AvgIpc) is 2.28. The number of nitrogens with one attached hydrogen (secondary N) is 2. The highest BCUT2D eigenvalue weighted by atomic mass is 16.4. The maximum absolute atomic E-state index is 11.8. The van der Waals surface area contributed by atoms with Gasteiger partial charge in [0.25, 0.3) is 0 Å². The van der Waals surface area contributed by atoms with E-state index >= 15 is 0 Å². The van der Waals surface area contributed by atoms with Crippen molar-refractivity contribution in [3.05, 3.63) is 0 Å². The van der Waals surface area contributed by atoms with Crippen LogP contribution in [0.3, 0.4) is 0 Å². The topological polar surface area (TPSA) is 78.4 Å². The van der Waals surface area contributed by atoms with E-state index in [1.54, 1.807) is 0 Å². The Morgan fingerprint density at radius 1 is 1.56 bits per heavy atom. The first-order valence-electron chi connectivity index (χ1n) is 5.86. The van der Waals surface area contributed by atoms with Crippen LogP contribution in [-0.4, -0.2) is 36.1 Å². The van der Waals surface area contributed by atoms with E-state index in [0.29, 0.717) is 13.0 Å². The molecule has 1 rings (SSSR count). The summed E-state index contributed by atoms with van der Waals surface area (Å²) >= 11 is 0. The lowest BCUT2D eigenvalue weighted by Gasteiger charge is -2.24. The molecule has 1 saturated heterocycles. The van der Waals surface area contributed by atoms with Crippen molar-refractivity contribution < 1.29 is 14.7 Å². The molecule has 1 amide bonds. The highest BCUT2D eigenvalue weighted by Crippen LogP contribution is 2.11. The maximum atomic E-state index is 11.8. The quantitative estimate of drug-likeness (QED) is 0.634. The molecule has 3 N–H and O–H groups in total. The number of hydrogen-bond acceptors (Lipinski definition) is 3. The summed E-state index contributed by atoms with van der Waals surface area (Å²) in [5.41, 5.74) is 0. The lowest BCUT2D eigenvalue weighted by molar-refractivity contribution is -0.137. The van der Waals surface area contributed by atoms with E-state index in [4.69, 9.17) is 5.11 Å². The number of carbonyl (C=O) groups excluding carboxylic acids is 1. The largest absolute Gasteiger partial charge is 0.481 e. The molecule has 2 unspecified atom stereocenters. The number of carbonyl (C=O) groups is 2. The van der Waals surface area contributed by atoms with Gasteiger partial charge in [-0.05, 0) is 25.8 Å². The molecule has 5 nitrogen and oxygen atoms in total. The van der Waals surface area contributed by atoms with Gasteiger partial charge in [0.05, 0.1) is 12.3 Å². The molecule has 16 heavy (non-hydrogen) atoms. The number of amides is 1. The molecule has 0 aromatic rings. The molecule has 0 saturated carbocycles. The first kappa shape index (κ1) is 13.0. The summed E-state index contributed by atoms with van der Waals surface area (Å²) in [5.74, 6) is -0.884. The van der Waals surface area contributed by atoms with E-state index in [1.165, 1.54) is 0 Å². The van der Waals surface area contributed by atoms with Crippen LogP contribution < -0.4 is 10.6 Å². The third kappa shape index (κ3) is 4.18. The van der Waals surface area contributed by atoms with Crippen LogP contribution in [0.5, 0.6) is 0 Å². The Labute approximate surface area is 95.6 Å². The molecule has 0 aromatic carbocycles. The van der Waals surface area contributed by atoms with Crippen molar-refractivity contribution in [3.8, 4) is 0 Å². The Morgan fingerprint density at radius 2 is 2.31 bits per heavy atom. The first-order valence-corrected chi connectivity index (χ1v) is 5.86. The number of rotatable bonds is 5. The molecule has 0 bridgehead atoms. The Kier molecular flexibility index (Phi) is 5.25. The molecule has 1 heterocycles. The van der Waals surface area contributed by atoms with E-state index in [2.05, 4.69) is 10.6 Å². The van der Waals surface area contributed by atoms with E-state index in [9.17, 15) is 9.59 Å². The number of aliphatic carboxylic acids is 1. The average molecular weight is 228 g/mol. The van der Waals surface area contributed by atoms with Crippen LogP contribution >= 0.6 is 0 Å². The van der Waals surface area contributed by atoms with Crippen LogP contribution in [-0.2, 0) is 9.59 Å². The minimum atomic E-state index is -0.867. The van der Waals surface area contributed by atoms with Crippen molar-refractivity contribution in [1.82, 2.24) is 10.6 Å². The second-order valence-electron chi connectivity index (χ2n) is 4.25. The zero-order valence-electron chi connectivity index (χ0n) is 9.66. The third-order valence-corrected chi connectivity index (χ3v) is 2.93. The van der Waals surface area contributed by atoms with Crippen LogP contribution in [0.2, 0.25) is 0 Å². The highest BCUT2D eigenvalue weighted by molar-refractivity contribution is 5.80. The first-order chi connectivity index (χ1) is 7.63. The van der Waals surface area contributed by atoms with Gasteiger partial charge < -0.3 is 15.7 Å². The predicted molar refractivity (Wildman–Crippen MR) is 60.1 cm³/mol. The Morgan fingerprint density at radius 3 is 2.81 bits per heavy atom. The molecular formula is C11H20N2O3. The van der Waals surface area contributed by atoms with E-state index in [1.807, 2.05) is 6.92 Å². The van der Waals surface area contributed by atoms with Gasteiger partial charge in [0.15, 0.2) is 0 Å². The zero-order valence-corrected chi connectivity index (χ0v) is 9.66. The Bertz CT molecular complexity index is 250. The van der Waals surface area contributed by atoms with Gasteiger partial charge in [0, 0.05) is 12.6 Å². The Balaban J connectivity index is 2.38. The molecule has 1 aliphatic heterocycles.